The molecule has 6 nitrogen and oxygen atoms in total. The Morgan fingerprint density at radius 1 is 1.14 bits per heavy atom. The van der Waals surface area contributed by atoms with Crippen molar-refractivity contribution in [3.05, 3.63) is 72.1 Å². The average molecular weight is 391 g/mol. The Kier molecular flexibility index (Phi) is 4.67. The van der Waals surface area contributed by atoms with Gasteiger partial charge in [-0.15, -0.1) is 0 Å². The average Bonchev–Trinajstić information content (AvgIpc) is 3.19. The second-order valence-corrected chi connectivity index (χ2v) is 6.66. The molecular formula is C21H17N3O3S. The van der Waals surface area contributed by atoms with E-state index in [-0.39, 0.29) is 18.4 Å². The molecule has 0 atom stereocenters. The third-order valence-electron chi connectivity index (χ3n) is 4.54. The summed E-state index contributed by atoms with van der Waals surface area (Å²) < 4.78 is 6.58. The minimum absolute atomic E-state index is 0.0934. The highest BCUT2D eigenvalue weighted by atomic mass is 32.1. The van der Waals surface area contributed by atoms with E-state index in [0.717, 1.165) is 16.5 Å². The van der Waals surface area contributed by atoms with E-state index in [1.807, 2.05) is 60.8 Å². The Morgan fingerprint density at radius 2 is 1.86 bits per heavy atom. The molecule has 0 bridgehead atoms. The first kappa shape index (κ1) is 17.9. The highest BCUT2D eigenvalue weighted by Gasteiger charge is 2.32. The number of hydrogen-bond acceptors (Lipinski definition) is 4. The molecule has 7 heteroatoms. The van der Waals surface area contributed by atoms with Gasteiger partial charge in [-0.05, 0) is 36.5 Å². The molecule has 2 heterocycles. The van der Waals surface area contributed by atoms with Crippen molar-refractivity contribution >= 4 is 51.9 Å². The molecular weight excluding hydrogens is 374 g/mol. The molecule has 0 radical (unpaired) electrons. The standard InChI is InChI=1S/C21H17N3O3S/c1-27-19(25)13-23-12-14(16-9-5-6-10-18(16)23)11-17-20(26)24(21(28)22-17)15-7-3-2-4-8-15/h2-12H,13H2,1H3,(H,22,28). The van der Waals surface area contributed by atoms with E-state index in [0.29, 0.717) is 16.5 Å². The van der Waals surface area contributed by atoms with Crippen molar-refractivity contribution in [2.24, 2.45) is 0 Å². The van der Waals surface area contributed by atoms with E-state index in [1.165, 1.54) is 12.0 Å². The summed E-state index contributed by atoms with van der Waals surface area (Å²) in [6, 6.07) is 16.9. The van der Waals surface area contributed by atoms with E-state index in [2.05, 4.69) is 5.32 Å². The van der Waals surface area contributed by atoms with E-state index in [9.17, 15) is 9.59 Å². The molecule has 3 aromatic rings. The molecule has 0 saturated carbocycles. The highest BCUT2D eigenvalue weighted by Crippen LogP contribution is 2.26. The molecule has 0 aliphatic carbocycles. The molecule has 1 fully saturated rings. The smallest absolute Gasteiger partial charge is 0.325 e. The van der Waals surface area contributed by atoms with Gasteiger partial charge in [0.15, 0.2) is 5.11 Å². The molecule has 1 amide bonds. The quantitative estimate of drug-likeness (QED) is 0.421. The normalized spacial score (nSPS) is 15.3. The molecule has 1 aromatic heterocycles. The summed E-state index contributed by atoms with van der Waals surface area (Å²) in [5, 5.41) is 4.26. The summed E-state index contributed by atoms with van der Waals surface area (Å²) in [7, 11) is 1.36. The number of para-hydroxylation sites is 2. The van der Waals surface area contributed by atoms with Gasteiger partial charge in [-0.1, -0.05) is 36.4 Å². The van der Waals surface area contributed by atoms with Gasteiger partial charge in [-0.25, -0.2) is 0 Å². The van der Waals surface area contributed by atoms with Crippen LogP contribution in [-0.2, 0) is 20.9 Å². The second kappa shape index (κ2) is 7.28. The van der Waals surface area contributed by atoms with Crippen molar-refractivity contribution in [3.63, 3.8) is 0 Å². The number of nitrogens with one attached hydrogen (secondary N) is 1. The third-order valence-corrected chi connectivity index (χ3v) is 4.82. The van der Waals surface area contributed by atoms with Crippen LogP contribution >= 0.6 is 12.2 Å². The summed E-state index contributed by atoms with van der Waals surface area (Å²) in [5.41, 5.74) is 2.79. The highest BCUT2D eigenvalue weighted by molar-refractivity contribution is 7.80. The Morgan fingerprint density at radius 3 is 2.61 bits per heavy atom. The molecule has 0 spiro atoms. The zero-order valence-corrected chi connectivity index (χ0v) is 15.9. The van der Waals surface area contributed by atoms with Crippen molar-refractivity contribution in [2.45, 2.75) is 6.54 Å². The predicted molar refractivity (Wildman–Crippen MR) is 112 cm³/mol. The predicted octanol–water partition coefficient (Wildman–Crippen LogP) is 3.08. The number of anilines is 1. The van der Waals surface area contributed by atoms with Gasteiger partial charge in [0, 0.05) is 22.7 Å². The lowest BCUT2D eigenvalue weighted by Gasteiger charge is -2.13. The summed E-state index contributed by atoms with van der Waals surface area (Å²) >= 11 is 5.35. The summed E-state index contributed by atoms with van der Waals surface area (Å²) in [6.45, 7) is 0.0934. The van der Waals surface area contributed by atoms with Crippen LogP contribution in [0.3, 0.4) is 0 Å². The van der Waals surface area contributed by atoms with Gasteiger partial charge in [0.05, 0.1) is 12.8 Å². The molecule has 1 saturated heterocycles. The number of methoxy groups -OCH3 is 1. The largest absolute Gasteiger partial charge is 0.468 e. The fourth-order valence-corrected chi connectivity index (χ4v) is 3.53. The van der Waals surface area contributed by atoms with Crippen LogP contribution in [0.25, 0.3) is 17.0 Å². The second-order valence-electron chi connectivity index (χ2n) is 6.27. The number of aromatic nitrogens is 1. The van der Waals surface area contributed by atoms with Gasteiger partial charge in [-0.3, -0.25) is 14.5 Å². The van der Waals surface area contributed by atoms with Crippen LogP contribution in [0, 0.1) is 0 Å². The Balaban J connectivity index is 1.73. The maximum absolute atomic E-state index is 12.9. The van der Waals surface area contributed by atoms with E-state index >= 15 is 0 Å². The van der Waals surface area contributed by atoms with Crippen LogP contribution in [0.4, 0.5) is 5.69 Å². The van der Waals surface area contributed by atoms with E-state index < -0.39 is 0 Å². The van der Waals surface area contributed by atoms with Gasteiger partial charge in [0.25, 0.3) is 5.91 Å². The zero-order valence-electron chi connectivity index (χ0n) is 15.1. The van der Waals surface area contributed by atoms with Crippen LogP contribution in [0.5, 0.6) is 0 Å². The maximum Gasteiger partial charge on any atom is 0.325 e. The van der Waals surface area contributed by atoms with Crippen molar-refractivity contribution in [1.29, 1.82) is 0 Å². The lowest BCUT2D eigenvalue weighted by atomic mass is 10.1. The first-order chi connectivity index (χ1) is 13.6. The Labute approximate surface area is 167 Å². The number of rotatable bonds is 4. The van der Waals surface area contributed by atoms with Crippen LogP contribution in [0.1, 0.15) is 5.56 Å². The van der Waals surface area contributed by atoms with Crippen LogP contribution in [0.2, 0.25) is 0 Å². The molecule has 2 aromatic carbocycles. The fourth-order valence-electron chi connectivity index (χ4n) is 3.23. The molecule has 28 heavy (non-hydrogen) atoms. The SMILES string of the molecule is COC(=O)Cn1cc(C=C2NC(=S)N(c3ccccc3)C2=O)c2ccccc21. The molecule has 4 rings (SSSR count). The maximum atomic E-state index is 12.9. The molecule has 140 valence electrons. The van der Waals surface area contributed by atoms with E-state index in [1.54, 1.807) is 10.6 Å². The lowest BCUT2D eigenvalue weighted by molar-refractivity contribution is -0.141. The van der Waals surface area contributed by atoms with Gasteiger partial charge in [-0.2, -0.15) is 0 Å². The third kappa shape index (κ3) is 3.16. The monoisotopic (exact) mass is 391 g/mol. The number of carbonyl (C=O) groups is 2. The van der Waals surface area contributed by atoms with Gasteiger partial charge < -0.3 is 14.6 Å². The molecule has 1 aliphatic heterocycles. The number of ether oxygens (including phenoxy) is 1. The number of benzene rings is 2. The molecule has 0 unspecified atom stereocenters. The van der Waals surface area contributed by atoms with Gasteiger partial charge in [0.2, 0.25) is 0 Å². The van der Waals surface area contributed by atoms with Crippen LogP contribution in [0.15, 0.2) is 66.5 Å². The minimum atomic E-state index is -0.341. The summed E-state index contributed by atoms with van der Waals surface area (Å²) in [4.78, 5) is 26.1. The summed E-state index contributed by atoms with van der Waals surface area (Å²) in [5.74, 6) is -0.563. The molecule has 1 N–H and O–H groups in total. The number of hydrogen-bond donors (Lipinski definition) is 1. The van der Waals surface area contributed by atoms with Crippen LogP contribution in [-0.4, -0.2) is 28.7 Å². The minimum Gasteiger partial charge on any atom is -0.468 e. The number of thiocarbonyl (C=S) groups is 1. The van der Waals surface area contributed by atoms with Crippen molar-refractivity contribution in [2.75, 3.05) is 12.0 Å². The Hall–Kier alpha value is -3.45. The first-order valence-electron chi connectivity index (χ1n) is 8.65. The fraction of sp³-hybridized carbons (Fsp3) is 0.0952. The lowest BCUT2D eigenvalue weighted by Crippen LogP contribution is -2.30. The number of amides is 1. The number of carbonyl (C=O) groups excluding carboxylic acids is 2. The number of esters is 1. The first-order valence-corrected chi connectivity index (χ1v) is 9.06. The topological polar surface area (TPSA) is 63.6 Å². The van der Waals surface area contributed by atoms with Crippen molar-refractivity contribution in [3.8, 4) is 0 Å². The molecule has 1 aliphatic rings. The van der Waals surface area contributed by atoms with Crippen LogP contribution < -0.4 is 10.2 Å². The Bertz CT molecular complexity index is 1120. The van der Waals surface area contributed by atoms with Gasteiger partial charge in [0.1, 0.15) is 12.2 Å². The number of nitrogens with zero attached hydrogens (tertiary/aromatic N) is 2. The summed E-state index contributed by atoms with van der Waals surface area (Å²) in [6.07, 6.45) is 3.59. The number of fused-ring (bicyclic) bond motifs is 1. The van der Waals surface area contributed by atoms with E-state index in [4.69, 9.17) is 17.0 Å². The van der Waals surface area contributed by atoms with Crippen molar-refractivity contribution < 1.29 is 14.3 Å². The van der Waals surface area contributed by atoms with Gasteiger partial charge >= 0.3 is 5.97 Å². The zero-order chi connectivity index (χ0) is 19.7. The van der Waals surface area contributed by atoms with Crippen molar-refractivity contribution in [1.82, 2.24) is 9.88 Å².